The summed E-state index contributed by atoms with van der Waals surface area (Å²) in [5.41, 5.74) is -2.76. The molecule has 1 N–H and O–H groups in total. The number of nitrogens with zero attached hydrogens (tertiary/aromatic N) is 3. The lowest BCUT2D eigenvalue weighted by atomic mass is 9.95. The zero-order valence-corrected chi connectivity index (χ0v) is 18.8. The van der Waals surface area contributed by atoms with E-state index >= 15 is 0 Å². The van der Waals surface area contributed by atoms with E-state index in [2.05, 4.69) is 0 Å². The lowest BCUT2D eigenvalue weighted by Gasteiger charge is -2.41. The number of piperazine rings is 1. The van der Waals surface area contributed by atoms with Crippen LogP contribution in [0.2, 0.25) is 0 Å². The van der Waals surface area contributed by atoms with Gasteiger partial charge in [0.15, 0.2) is 5.60 Å². The van der Waals surface area contributed by atoms with Crippen LogP contribution in [0.4, 0.5) is 18.9 Å². The van der Waals surface area contributed by atoms with Crippen LogP contribution in [-0.4, -0.2) is 54.5 Å². The summed E-state index contributed by atoms with van der Waals surface area (Å²) in [5, 5.41) is 19.1. The van der Waals surface area contributed by atoms with E-state index in [1.807, 2.05) is 6.07 Å². The lowest BCUT2D eigenvalue weighted by molar-refractivity contribution is -0.258. The van der Waals surface area contributed by atoms with Gasteiger partial charge in [-0.2, -0.15) is 22.7 Å². The fraction of sp³-hybridized carbons (Fsp3) is 0.429. The third-order valence-electron chi connectivity index (χ3n) is 5.66. The second-order valence-corrected chi connectivity index (χ2v) is 10.2. The number of alkyl halides is 3. The predicted molar refractivity (Wildman–Crippen MR) is 118 cm³/mol. The van der Waals surface area contributed by atoms with Gasteiger partial charge in [-0.1, -0.05) is 36.5 Å². The van der Waals surface area contributed by atoms with Gasteiger partial charge in [-0.25, -0.2) is 8.42 Å². The topological polar surface area (TPSA) is 84.6 Å². The first-order chi connectivity index (χ1) is 14.9. The second kappa shape index (κ2) is 8.94. The summed E-state index contributed by atoms with van der Waals surface area (Å²) >= 11 is 5.20. The Labute approximate surface area is 190 Å². The SMILES string of the molecule is C[C@@](O)(c1ccc(N2CCN(S(=O)(=O)C3=CC=CCC3=S)C[C@@H]2CC#N)cc1)C(F)(F)F. The minimum absolute atomic E-state index is 0.0252. The molecule has 2 atom stereocenters. The molecule has 2 aliphatic rings. The highest BCUT2D eigenvalue weighted by Crippen LogP contribution is 2.39. The second-order valence-electron chi connectivity index (χ2n) is 7.78. The van der Waals surface area contributed by atoms with E-state index in [9.17, 15) is 32.0 Å². The highest BCUT2D eigenvalue weighted by atomic mass is 32.2. The standard InChI is InChI=1S/C21H22F3N3O3S2/c1-20(28,21(22,23)24)15-6-8-16(9-7-15)27-13-12-26(14-17(27)10-11-25)32(29,30)19-5-3-2-4-18(19)31/h2-3,5-9,17,28H,4,10,12-14H2,1H3/t17-,20+/m0/s1. The molecule has 11 heteroatoms. The molecule has 0 spiro atoms. The number of rotatable bonds is 5. The number of nitriles is 1. The Balaban J connectivity index is 1.83. The van der Waals surface area contributed by atoms with Gasteiger partial charge in [-0.15, -0.1) is 0 Å². The third kappa shape index (κ3) is 4.59. The van der Waals surface area contributed by atoms with Crippen molar-refractivity contribution in [1.82, 2.24) is 4.31 Å². The van der Waals surface area contributed by atoms with Crippen molar-refractivity contribution in [2.45, 2.75) is 37.6 Å². The fourth-order valence-electron chi connectivity index (χ4n) is 3.70. The van der Waals surface area contributed by atoms with E-state index in [0.29, 0.717) is 23.9 Å². The largest absolute Gasteiger partial charge is 0.421 e. The van der Waals surface area contributed by atoms with E-state index in [4.69, 9.17) is 12.2 Å². The molecule has 0 radical (unpaired) electrons. The van der Waals surface area contributed by atoms with Crippen LogP contribution >= 0.6 is 12.2 Å². The molecule has 1 aliphatic heterocycles. The van der Waals surface area contributed by atoms with Crippen molar-refractivity contribution in [3.63, 3.8) is 0 Å². The molecular weight excluding hydrogens is 463 g/mol. The molecule has 0 aromatic heterocycles. The monoisotopic (exact) mass is 485 g/mol. The number of hydrogen-bond donors (Lipinski definition) is 1. The van der Waals surface area contributed by atoms with Gasteiger partial charge in [-0.3, -0.25) is 0 Å². The molecule has 1 aromatic rings. The van der Waals surface area contributed by atoms with E-state index in [1.54, 1.807) is 17.1 Å². The van der Waals surface area contributed by atoms with Crippen molar-refractivity contribution < 1.29 is 26.7 Å². The Hall–Kier alpha value is -2.26. The van der Waals surface area contributed by atoms with Gasteiger partial charge in [0.2, 0.25) is 10.0 Å². The van der Waals surface area contributed by atoms with Crippen LogP contribution in [0.5, 0.6) is 0 Å². The van der Waals surface area contributed by atoms with Crippen molar-refractivity contribution in [2.75, 3.05) is 24.5 Å². The number of allylic oxidation sites excluding steroid dienone is 4. The molecule has 0 bridgehead atoms. The Morgan fingerprint density at radius 3 is 2.47 bits per heavy atom. The lowest BCUT2D eigenvalue weighted by Crippen LogP contribution is -2.55. The molecule has 0 amide bonds. The normalized spacial score (nSPS) is 22.2. The minimum Gasteiger partial charge on any atom is -0.376 e. The highest BCUT2D eigenvalue weighted by Gasteiger charge is 2.51. The van der Waals surface area contributed by atoms with Crippen molar-refractivity contribution in [1.29, 1.82) is 5.26 Å². The minimum atomic E-state index is -4.83. The summed E-state index contributed by atoms with van der Waals surface area (Å²) in [7, 11) is -3.83. The maximum Gasteiger partial charge on any atom is 0.421 e. The Bertz CT molecular complexity index is 1090. The van der Waals surface area contributed by atoms with Gasteiger partial charge in [0, 0.05) is 36.6 Å². The van der Waals surface area contributed by atoms with Crippen molar-refractivity contribution in [3.05, 3.63) is 53.0 Å². The van der Waals surface area contributed by atoms with E-state index in [0.717, 1.165) is 0 Å². The number of sulfonamides is 1. The molecule has 1 aliphatic carbocycles. The van der Waals surface area contributed by atoms with Crippen molar-refractivity contribution >= 4 is 32.8 Å². The number of thiocarbonyl (C=S) groups is 1. The number of hydrogen-bond acceptors (Lipinski definition) is 6. The fourth-order valence-corrected chi connectivity index (χ4v) is 5.77. The third-order valence-corrected chi connectivity index (χ3v) is 8.13. The predicted octanol–water partition coefficient (Wildman–Crippen LogP) is 3.40. The first kappa shape index (κ1) is 24.4. The van der Waals surface area contributed by atoms with Crippen LogP contribution < -0.4 is 4.90 Å². The Kier molecular flexibility index (Phi) is 6.81. The first-order valence-corrected chi connectivity index (χ1v) is 11.7. The van der Waals surface area contributed by atoms with Gasteiger partial charge >= 0.3 is 6.18 Å². The van der Waals surface area contributed by atoms with Crippen LogP contribution in [-0.2, 0) is 15.6 Å². The summed E-state index contributed by atoms with van der Waals surface area (Å²) in [5.74, 6) is 0. The van der Waals surface area contributed by atoms with Crippen LogP contribution in [0.15, 0.2) is 47.4 Å². The number of anilines is 1. The van der Waals surface area contributed by atoms with Gasteiger partial charge in [0.25, 0.3) is 0 Å². The molecule has 6 nitrogen and oxygen atoms in total. The van der Waals surface area contributed by atoms with Gasteiger partial charge in [0.05, 0.1) is 23.4 Å². The van der Waals surface area contributed by atoms with E-state index in [-0.39, 0.29) is 36.5 Å². The molecule has 0 unspecified atom stereocenters. The zero-order valence-electron chi connectivity index (χ0n) is 17.2. The molecular formula is C21H22F3N3O3S2. The average molecular weight is 486 g/mol. The Morgan fingerprint density at radius 1 is 1.25 bits per heavy atom. The number of halogens is 3. The first-order valence-electron chi connectivity index (χ1n) is 9.83. The summed E-state index contributed by atoms with van der Waals surface area (Å²) in [4.78, 5) is 2.21. The van der Waals surface area contributed by atoms with Crippen LogP contribution in [0.1, 0.15) is 25.3 Å². The summed E-state index contributed by atoms with van der Waals surface area (Å²) in [6, 6.07) is 6.81. The maximum absolute atomic E-state index is 13.1. The molecule has 1 fully saturated rings. The van der Waals surface area contributed by atoms with E-state index in [1.165, 1.54) is 34.6 Å². The van der Waals surface area contributed by atoms with E-state index < -0.39 is 27.8 Å². The molecule has 0 saturated carbocycles. The number of aliphatic hydroxyl groups is 1. The quantitative estimate of drug-likeness (QED) is 0.644. The molecule has 1 saturated heterocycles. The van der Waals surface area contributed by atoms with Crippen LogP contribution in [0, 0.1) is 11.3 Å². The van der Waals surface area contributed by atoms with Gasteiger partial charge in [0.1, 0.15) is 0 Å². The smallest absolute Gasteiger partial charge is 0.376 e. The number of benzene rings is 1. The average Bonchev–Trinajstić information content (AvgIpc) is 2.73. The van der Waals surface area contributed by atoms with Crippen molar-refractivity contribution in [3.8, 4) is 6.07 Å². The molecule has 1 heterocycles. The summed E-state index contributed by atoms with van der Waals surface area (Å²) in [6.07, 6.45) is 0.452. The molecule has 32 heavy (non-hydrogen) atoms. The molecule has 1 aromatic carbocycles. The summed E-state index contributed by atoms with van der Waals surface area (Å²) < 4.78 is 66.8. The molecule has 172 valence electrons. The van der Waals surface area contributed by atoms with Crippen LogP contribution in [0.25, 0.3) is 0 Å². The zero-order chi connectivity index (χ0) is 23.7. The highest BCUT2D eigenvalue weighted by molar-refractivity contribution is 7.96. The van der Waals surface area contributed by atoms with Gasteiger partial charge in [-0.05, 0) is 30.7 Å². The maximum atomic E-state index is 13.1. The Morgan fingerprint density at radius 2 is 1.91 bits per heavy atom. The summed E-state index contributed by atoms with van der Waals surface area (Å²) in [6.45, 7) is 1.11. The molecule has 3 rings (SSSR count). The van der Waals surface area contributed by atoms with Gasteiger partial charge < -0.3 is 10.0 Å². The van der Waals surface area contributed by atoms with Crippen LogP contribution in [0.3, 0.4) is 0 Å². The van der Waals surface area contributed by atoms with Crippen molar-refractivity contribution in [2.24, 2.45) is 0 Å².